The molecule has 0 saturated carbocycles. The van der Waals surface area contributed by atoms with E-state index in [0.717, 1.165) is 16.9 Å². The summed E-state index contributed by atoms with van der Waals surface area (Å²) >= 11 is 0. The fraction of sp³-hybridized carbons (Fsp3) is 0.211. The zero-order valence-corrected chi connectivity index (χ0v) is 14.4. The lowest BCUT2D eigenvalue weighted by Gasteiger charge is -2.15. The van der Waals surface area contributed by atoms with Gasteiger partial charge in [0, 0.05) is 18.2 Å². The molecule has 25 heavy (non-hydrogen) atoms. The molecule has 2 aromatic carbocycles. The van der Waals surface area contributed by atoms with Crippen molar-refractivity contribution in [3.05, 3.63) is 66.2 Å². The van der Waals surface area contributed by atoms with E-state index in [4.69, 9.17) is 4.74 Å². The molecular weight excluding hydrogens is 316 g/mol. The summed E-state index contributed by atoms with van der Waals surface area (Å²) in [5.74, 6) is 1.25. The van der Waals surface area contributed by atoms with Crippen LogP contribution in [0.15, 0.2) is 54.9 Å². The minimum Gasteiger partial charge on any atom is -0.496 e. The van der Waals surface area contributed by atoms with Gasteiger partial charge < -0.3 is 14.6 Å². The van der Waals surface area contributed by atoms with E-state index in [0.29, 0.717) is 11.4 Å². The highest BCUT2D eigenvalue weighted by atomic mass is 16.5. The minimum absolute atomic E-state index is 0.171. The predicted molar refractivity (Wildman–Crippen MR) is 95.3 cm³/mol. The molecule has 0 aliphatic rings. The Morgan fingerprint density at radius 2 is 1.96 bits per heavy atom. The molecule has 0 saturated heterocycles. The number of carbonyl (C=O) groups is 1. The average molecular weight is 336 g/mol. The second-order valence-electron chi connectivity index (χ2n) is 5.78. The molecule has 0 aliphatic heterocycles. The summed E-state index contributed by atoms with van der Waals surface area (Å²) in [6, 6.07) is 15.0. The van der Waals surface area contributed by atoms with Crippen molar-refractivity contribution in [2.24, 2.45) is 7.05 Å². The van der Waals surface area contributed by atoms with Crippen LogP contribution in [-0.2, 0) is 7.05 Å². The number of aryl methyl sites for hydroxylation is 1. The van der Waals surface area contributed by atoms with Crippen LogP contribution in [0.4, 0.5) is 0 Å². The van der Waals surface area contributed by atoms with E-state index in [1.54, 1.807) is 24.1 Å². The number of ether oxygens (including phenoxy) is 1. The van der Waals surface area contributed by atoms with Crippen molar-refractivity contribution in [2.75, 3.05) is 7.11 Å². The molecule has 1 heterocycles. The van der Waals surface area contributed by atoms with Gasteiger partial charge in [0.2, 0.25) is 0 Å². The van der Waals surface area contributed by atoms with Gasteiger partial charge in [-0.2, -0.15) is 0 Å². The van der Waals surface area contributed by atoms with Crippen LogP contribution >= 0.6 is 0 Å². The smallest absolute Gasteiger partial charge is 0.251 e. The van der Waals surface area contributed by atoms with Crippen molar-refractivity contribution in [3.8, 4) is 16.9 Å². The fourth-order valence-electron chi connectivity index (χ4n) is 2.72. The first-order valence-electron chi connectivity index (χ1n) is 7.98. The fourth-order valence-corrected chi connectivity index (χ4v) is 2.72. The summed E-state index contributed by atoms with van der Waals surface area (Å²) in [5.41, 5.74) is 2.44. The molecule has 6 nitrogen and oxygen atoms in total. The Morgan fingerprint density at radius 3 is 2.60 bits per heavy atom. The number of hydrogen-bond donors (Lipinski definition) is 1. The molecule has 1 amide bonds. The number of nitrogens with one attached hydrogen (secondary N) is 1. The zero-order valence-electron chi connectivity index (χ0n) is 14.4. The van der Waals surface area contributed by atoms with Crippen molar-refractivity contribution in [1.29, 1.82) is 0 Å². The average Bonchev–Trinajstić information content (AvgIpc) is 3.08. The Kier molecular flexibility index (Phi) is 4.79. The van der Waals surface area contributed by atoms with Crippen molar-refractivity contribution in [1.82, 2.24) is 20.1 Å². The summed E-state index contributed by atoms with van der Waals surface area (Å²) in [6.07, 6.45) is 1.61. The molecule has 1 atom stereocenters. The number of hydrogen-bond acceptors (Lipinski definition) is 4. The molecule has 1 N–H and O–H groups in total. The second kappa shape index (κ2) is 7.17. The van der Waals surface area contributed by atoms with Gasteiger partial charge in [-0.05, 0) is 30.7 Å². The quantitative estimate of drug-likeness (QED) is 0.778. The molecule has 1 aromatic heterocycles. The molecule has 0 aliphatic carbocycles. The molecule has 128 valence electrons. The van der Waals surface area contributed by atoms with E-state index in [9.17, 15) is 4.79 Å². The Labute approximate surface area is 146 Å². The largest absolute Gasteiger partial charge is 0.496 e. The lowest BCUT2D eigenvalue weighted by Crippen LogP contribution is -2.28. The third-order valence-electron chi connectivity index (χ3n) is 4.03. The first kappa shape index (κ1) is 16.7. The lowest BCUT2D eigenvalue weighted by atomic mass is 10.0. The maximum absolute atomic E-state index is 12.6. The third-order valence-corrected chi connectivity index (χ3v) is 4.03. The topological polar surface area (TPSA) is 69.0 Å². The molecular formula is C19H20N4O2. The lowest BCUT2D eigenvalue weighted by molar-refractivity contribution is 0.0938. The van der Waals surface area contributed by atoms with Gasteiger partial charge in [0.1, 0.15) is 12.1 Å². The monoisotopic (exact) mass is 336 g/mol. The molecule has 0 radical (unpaired) electrons. The van der Waals surface area contributed by atoms with Gasteiger partial charge in [0.25, 0.3) is 5.91 Å². The molecule has 0 bridgehead atoms. The molecule has 3 aromatic rings. The number of methoxy groups -OCH3 is 1. The molecule has 0 fully saturated rings. The second-order valence-corrected chi connectivity index (χ2v) is 5.78. The summed E-state index contributed by atoms with van der Waals surface area (Å²) in [6.45, 7) is 1.88. The van der Waals surface area contributed by atoms with E-state index >= 15 is 0 Å². The molecule has 6 heteroatoms. The van der Waals surface area contributed by atoms with Crippen molar-refractivity contribution >= 4 is 5.91 Å². The summed E-state index contributed by atoms with van der Waals surface area (Å²) in [4.78, 5) is 12.6. The first-order valence-corrected chi connectivity index (χ1v) is 7.98. The Morgan fingerprint density at radius 1 is 1.20 bits per heavy atom. The van der Waals surface area contributed by atoms with Gasteiger partial charge in [0.15, 0.2) is 5.82 Å². The number of amides is 1. The van der Waals surface area contributed by atoms with Crippen LogP contribution in [0.1, 0.15) is 29.1 Å². The maximum atomic E-state index is 12.6. The SMILES string of the molecule is COc1ccc(C(=O)NC(C)c2nncn2C)cc1-c1ccccc1. The van der Waals surface area contributed by atoms with E-state index < -0.39 is 0 Å². The number of rotatable bonds is 5. The Bertz CT molecular complexity index is 874. The van der Waals surface area contributed by atoms with Gasteiger partial charge in [-0.25, -0.2) is 0 Å². The third kappa shape index (κ3) is 3.52. The molecule has 3 rings (SSSR count). The number of nitrogens with zero attached hydrogens (tertiary/aromatic N) is 3. The van der Waals surface area contributed by atoms with Crippen molar-refractivity contribution < 1.29 is 9.53 Å². The van der Waals surface area contributed by atoms with Crippen LogP contribution < -0.4 is 10.1 Å². The van der Waals surface area contributed by atoms with Crippen LogP contribution in [-0.4, -0.2) is 27.8 Å². The van der Waals surface area contributed by atoms with E-state index in [-0.39, 0.29) is 11.9 Å². The first-order chi connectivity index (χ1) is 12.1. The highest BCUT2D eigenvalue weighted by molar-refractivity contribution is 5.96. The number of benzene rings is 2. The van der Waals surface area contributed by atoms with Crippen LogP contribution in [0.2, 0.25) is 0 Å². The number of aromatic nitrogens is 3. The van der Waals surface area contributed by atoms with Gasteiger partial charge in [-0.15, -0.1) is 10.2 Å². The van der Waals surface area contributed by atoms with Gasteiger partial charge in [0.05, 0.1) is 13.2 Å². The van der Waals surface area contributed by atoms with Gasteiger partial charge >= 0.3 is 0 Å². The van der Waals surface area contributed by atoms with Crippen LogP contribution in [0.25, 0.3) is 11.1 Å². The highest BCUT2D eigenvalue weighted by Gasteiger charge is 2.17. The zero-order chi connectivity index (χ0) is 17.8. The molecule has 0 spiro atoms. The van der Waals surface area contributed by atoms with Crippen molar-refractivity contribution in [3.63, 3.8) is 0 Å². The predicted octanol–water partition coefficient (Wildman–Crippen LogP) is 2.98. The number of carbonyl (C=O) groups excluding carboxylic acids is 1. The standard InChI is InChI=1S/C19H20N4O2/c1-13(18-22-20-12-23(18)2)21-19(24)15-9-10-17(25-3)16(11-15)14-7-5-4-6-8-14/h4-13H,1-3H3,(H,21,24). The van der Waals surface area contributed by atoms with Gasteiger partial charge in [-0.3, -0.25) is 4.79 Å². The summed E-state index contributed by atoms with van der Waals surface area (Å²) in [7, 11) is 3.47. The van der Waals surface area contributed by atoms with E-state index in [2.05, 4.69) is 15.5 Å². The summed E-state index contributed by atoms with van der Waals surface area (Å²) in [5, 5.41) is 10.8. The van der Waals surface area contributed by atoms with E-state index in [1.807, 2.05) is 56.4 Å². The minimum atomic E-state index is -0.248. The van der Waals surface area contributed by atoms with Crippen LogP contribution in [0, 0.1) is 0 Å². The maximum Gasteiger partial charge on any atom is 0.251 e. The van der Waals surface area contributed by atoms with Gasteiger partial charge in [-0.1, -0.05) is 30.3 Å². The Hall–Kier alpha value is -3.15. The van der Waals surface area contributed by atoms with Crippen molar-refractivity contribution in [2.45, 2.75) is 13.0 Å². The van der Waals surface area contributed by atoms with E-state index in [1.165, 1.54) is 0 Å². The van der Waals surface area contributed by atoms with Crippen LogP contribution in [0.5, 0.6) is 5.75 Å². The Balaban J connectivity index is 1.87. The normalized spacial score (nSPS) is 11.8. The highest BCUT2D eigenvalue weighted by Crippen LogP contribution is 2.30. The van der Waals surface area contributed by atoms with Crippen LogP contribution in [0.3, 0.4) is 0 Å². The summed E-state index contributed by atoms with van der Waals surface area (Å²) < 4.78 is 7.22. The molecule has 1 unspecified atom stereocenters.